The quantitative estimate of drug-likeness (QED) is 0.486. The molecule has 0 aliphatic heterocycles. The Morgan fingerprint density at radius 1 is 1.11 bits per heavy atom. The van der Waals surface area contributed by atoms with Crippen LogP contribution in [0.3, 0.4) is 0 Å². The number of pyridine rings is 1. The first-order valence-corrected chi connectivity index (χ1v) is 8.68. The average molecular weight is 399 g/mol. The van der Waals surface area contributed by atoms with Crippen LogP contribution in [0.4, 0.5) is 5.82 Å². The van der Waals surface area contributed by atoms with Gasteiger partial charge in [0, 0.05) is 17.8 Å². The normalized spacial score (nSPS) is 10.7. The van der Waals surface area contributed by atoms with Crippen molar-refractivity contribution in [1.82, 2.24) is 14.8 Å². The first kappa shape index (κ1) is 17.3. The molecule has 134 valence electrons. The molecule has 0 aliphatic carbocycles. The molecule has 1 aromatic carbocycles. The maximum Gasteiger partial charge on any atom is 0.258 e. The second-order valence-electron chi connectivity index (χ2n) is 5.62. The lowest BCUT2D eigenvalue weighted by Gasteiger charge is -2.09. The van der Waals surface area contributed by atoms with Gasteiger partial charge in [-0.25, -0.2) is 9.67 Å². The van der Waals surface area contributed by atoms with Gasteiger partial charge < -0.3 is 9.73 Å². The molecule has 27 heavy (non-hydrogen) atoms. The molecule has 1 N–H and O–H groups in total. The summed E-state index contributed by atoms with van der Waals surface area (Å²) in [5.41, 5.74) is 2.55. The molecular weight excluding hydrogens is 387 g/mol. The van der Waals surface area contributed by atoms with Gasteiger partial charge in [0.1, 0.15) is 11.0 Å². The Hall–Kier alpha value is -3.09. The molecule has 3 heterocycles. The zero-order chi connectivity index (χ0) is 18.8. The van der Waals surface area contributed by atoms with Crippen molar-refractivity contribution in [3.05, 3.63) is 83.0 Å². The monoisotopic (exact) mass is 398 g/mol. The predicted octanol–water partition coefficient (Wildman–Crippen LogP) is 5.09. The number of carbonyl (C=O) groups is 1. The van der Waals surface area contributed by atoms with Crippen molar-refractivity contribution in [3.8, 4) is 16.9 Å². The molecule has 4 aromatic rings. The van der Waals surface area contributed by atoms with E-state index in [0.29, 0.717) is 11.5 Å². The Morgan fingerprint density at radius 3 is 2.63 bits per heavy atom. The van der Waals surface area contributed by atoms with Crippen LogP contribution in [0.25, 0.3) is 16.9 Å². The highest BCUT2D eigenvalue weighted by molar-refractivity contribution is 6.41. The van der Waals surface area contributed by atoms with Gasteiger partial charge in [0.2, 0.25) is 0 Å². The van der Waals surface area contributed by atoms with Gasteiger partial charge in [0.15, 0.2) is 0 Å². The van der Waals surface area contributed by atoms with Gasteiger partial charge in [-0.2, -0.15) is 5.10 Å². The van der Waals surface area contributed by atoms with E-state index >= 15 is 0 Å². The van der Waals surface area contributed by atoms with Crippen molar-refractivity contribution < 1.29 is 9.21 Å². The number of amides is 1. The lowest BCUT2D eigenvalue weighted by molar-refractivity contribution is 0.102. The largest absolute Gasteiger partial charge is 0.472 e. The molecule has 0 radical (unpaired) electrons. The first-order valence-electron chi connectivity index (χ1n) is 7.92. The average Bonchev–Trinajstić information content (AvgIpc) is 3.34. The van der Waals surface area contributed by atoms with E-state index in [1.165, 1.54) is 12.3 Å². The first-order chi connectivity index (χ1) is 13.1. The molecule has 0 spiro atoms. The minimum absolute atomic E-state index is 0.143. The number of rotatable bonds is 4. The topological polar surface area (TPSA) is 73.0 Å². The number of para-hydroxylation sites is 1. The van der Waals surface area contributed by atoms with E-state index in [4.69, 9.17) is 27.6 Å². The van der Waals surface area contributed by atoms with Crippen molar-refractivity contribution in [2.24, 2.45) is 0 Å². The third-order valence-electron chi connectivity index (χ3n) is 3.83. The zero-order valence-electron chi connectivity index (χ0n) is 13.8. The van der Waals surface area contributed by atoms with Crippen LogP contribution in [0.15, 0.2) is 71.7 Å². The Morgan fingerprint density at radius 2 is 1.93 bits per heavy atom. The summed E-state index contributed by atoms with van der Waals surface area (Å²) in [6, 6.07) is 14.5. The van der Waals surface area contributed by atoms with E-state index in [1.807, 2.05) is 30.3 Å². The molecule has 8 heteroatoms. The zero-order valence-corrected chi connectivity index (χ0v) is 15.3. The number of nitrogens with zero attached hydrogens (tertiary/aromatic N) is 3. The molecule has 6 nitrogen and oxygen atoms in total. The second-order valence-corrected chi connectivity index (χ2v) is 6.39. The van der Waals surface area contributed by atoms with E-state index in [1.54, 1.807) is 29.3 Å². The molecule has 0 saturated heterocycles. The molecular formula is C19H12Cl2N4O2. The second kappa shape index (κ2) is 7.26. The van der Waals surface area contributed by atoms with Gasteiger partial charge in [0.05, 0.1) is 34.5 Å². The van der Waals surface area contributed by atoms with Crippen molar-refractivity contribution in [2.45, 2.75) is 0 Å². The summed E-state index contributed by atoms with van der Waals surface area (Å²) in [4.78, 5) is 16.6. The van der Waals surface area contributed by atoms with Crippen LogP contribution in [0, 0.1) is 0 Å². The fourth-order valence-corrected chi connectivity index (χ4v) is 2.79. The third kappa shape index (κ3) is 3.58. The van der Waals surface area contributed by atoms with Gasteiger partial charge in [-0.05, 0) is 24.3 Å². The Labute approximate surface area is 164 Å². The summed E-state index contributed by atoms with van der Waals surface area (Å²) in [7, 11) is 0. The van der Waals surface area contributed by atoms with Gasteiger partial charge in [-0.1, -0.05) is 41.4 Å². The highest BCUT2D eigenvalue weighted by atomic mass is 35.5. The smallest absolute Gasteiger partial charge is 0.258 e. The number of carbonyl (C=O) groups excluding carboxylic acids is 1. The lowest BCUT2D eigenvalue weighted by Crippen LogP contribution is -2.15. The Kier molecular flexibility index (Phi) is 4.66. The van der Waals surface area contributed by atoms with E-state index in [9.17, 15) is 4.79 Å². The lowest BCUT2D eigenvalue weighted by atomic mass is 10.2. The third-order valence-corrected chi connectivity index (χ3v) is 4.51. The molecule has 1 amide bonds. The van der Waals surface area contributed by atoms with Crippen molar-refractivity contribution in [1.29, 1.82) is 0 Å². The maximum atomic E-state index is 12.6. The van der Waals surface area contributed by atoms with Crippen molar-refractivity contribution in [3.63, 3.8) is 0 Å². The van der Waals surface area contributed by atoms with Crippen LogP contribution in [-0.2, 0) is 0 Å². The van der Waals surface area contributed by atoms with Crippen LogP contribution < -0.4 is 5.32 Å². The fourth-order valence-electron chi connectivity index (χ4n) is 2.52. The summed E-state index contributed by atoms with van der Waals surface area (Å²) in [5, 5.41) is 7.78. The molecule has 0 aliphatic rings. The number of halogens is 2. The highest BCUT2D eigenvalue weighted by Crippen LogP contribution is 2.26. The van der Waals surface area contributed by atoms with Crippen LogP contribution in [0.5, 0.6) is 0 Å². The number of anilines is 1. The minimum atomic E-state index is -0.378. The molecule has 0 unspecified atom stereocenters. The van der Waals surface area contributed by atoms with Crippen LogP contribution in [0.2, 0.25) is 10.2 Å². The summed E-state index contributed by atoms with van der Waals surface area (Å²) < 4.78 is 6.77. The Balaban J connectivity index is 1.72. The van der Waals surface area contributed by atoms with E-state index in [2.05, 4.69) is 15.4 Å². The van der Waals surface area contributed by atoms with Crippen molar-refractivity contribution >= 4 is 34.9 Å². The van der Waals surface area contributed by atoms with Gasteiger partial charge in [-0.3, -0.25) is 4.79 Å². The summed E-state index contributed by atoms with van der Waals surface area (Å²) >= 11 is 11.8. The molecule has 0 fully saturated rings. The SMILES string of the molecule is O=C(Nc1cc(-c2ccoc2)nn1-c1ccccc1)c1cnc(Cl)c(Cl)c1. The number of aromatic nitrogens is 3. The van der Waals surface area contributed by atoms with Crippen LogP contribution in [0.1, 0.15) is 10.4 Å². The molecule has 3 aromatic heterocycles. The molecule has 0 atom stereocenters. The minimum Gasteiger partial charge on any atom is -0.472 e. The summed E-state index contributed by atoms with van der Waals surface area (Å²) in [5.74, 6) is 0.116. The van der Waals surface area contributed by atoms with Gasteiger partial charge >= 0.3 is 0 Å². The number of furan rings is 1. The Bertz CT molecular complexity index is 1090. The van der Waals surface area contributed by atoms with Crippen molar-refractivity contribution in [2.75, 3.05) is 5.32 Å². The fraction of sp³-hybridized carbons (Fsp3) is 0. The summed E-state index contributed by atoms with van der Waals surface area (Å²) in [6.07, 6.45) is 4.52. The standard InChI is InChI=1S/C19H12Cl2N4O2/c20-15-8-13(10-22-18(15)21)19(26)23-17-9-16(12-6-7-27-11-12)24-25(17)14-4-2-1-3-5-14/h1-11H,(H,23,26). The van der Waals surface area contributed by atoms with E-state index in [0.717, 1.165) is 11.3 Å². The molecule has 0 bridgehead atoms. The van der Waals surface area contributed by atoms with Gasteiger partial charge in [-0.15, -0.1) is 0 Å². The molecule has 4 rings (SSSR count). The predicted molar refractivity (Wildman–Crippen MR) is 103 cm³/mol. The number of hydrogen-bond acceptors (Lipinski definition) is 4. The molecule has 0 saturated carbocycles. The van der Waals surface area contributed by atoms with Gasteiger partial charge in [0.25, 0.3) is 5.91 Å². The van der Waals surface area contributed by atoms with Crippen LogP contribution in [-0.4, -0.2) is 20.7 Å². The summed E-state index contributed by atoms with van der Waals surface area (Å²) in [6.45, 7) is 0. The van der Waals surface area contributed by atoms with E-state index < -0.39 is 0 Å². The van der Waals surface area contributed by atoms with Crippen LogP contribution >= 0.6 is 23.2 Å². The number of hydrogen-bond donors (Lipinski definition) is 1. The number of nitrogens with one attached hydrogen (secondary N) is 1. The van der Waals surface area contributed by atoms with E-state index in [-0.39, 0.29) is 21.6 Å². The maximum absolute atomic E-state index is 12.6. The highest BCUT2D eigenvalue weighted by Gasteiger charge is 2.16. The number of benzene rings is 1.